The van der Waals surface area contributed by atoms with Gasteiger partial charge in [0.15, 0.2) is 0 Å². The molecule has 1 aromatic carbocycles. The predicted molar refractivity (Wildman–Crippen MR) is 76.1 cm³/mol. The van der Waals surface area contributed by atoms with Crippen LogP contribution in [0.3, 0.4) is 0 Å². The van der Waals surface area contributed by atoms with E-state index in [0.717, 1.165) is 27.3 Å². The Morgan fingerprint density at radius 2 is 2.00 bits per heavy atom. The Morgan fingerprint density at radius 1 is 1.16 bits per heavy atom. The van der Waals surface area contributed by atoms with Gasteiger partial charge in [0.25, 0.3) is 5.69 Å². The summed E-state index contributed by atoms with van der Waals surface area (Å²) in [5.74, 6) is 0. The van der Waals surface area contributed by atoms with Gasteiger partial charge in [0.2, 0.25) is 6.20 Å². The highest BCUT2D eigenvalue weighted by Gasteiger charge is 2.18. The topological polar surface area (TPSA) is 18.0 Å². The number of rotatable bonds is 2. The molecule has 3 aromatic rings. The van der Waals surface area contributed by atoms with E-state index in [2.05, 4.69) is 10.6 Å². The minimum Gasteiger partial charge on any atom is -0.339 e. The summed E-state index contributed by atoms with van der Waals surface area (Å²) >= 11 is 6.05. The molecule has 19 heavy (non-hydrogen) atoms. The third-order valence-electron chi connectivity index (χ3n) is 3.29. The van der Waals surface area contributed by atoms with Gasteiger partial charge in [-0.15, -0.1) is 0 Å². The highest BCUT2D eigenvalue weighted by atomic mass is 35.5. The smallest absolute Gasteiger partial charge is 0.280 e. The predicted octanol–water partition coefficient (Wildman–Crippen LogP) is 2.84. The standard InChI is InChI=1S/C15H14ClN2O/c1-17-13-7-6-12(16)9-11(13)10-15(17)14-5-3-4-8-18(14)19-2/h3-10H,1-2H3/q+1. The summed E-state index contributed by atoms with van der Waals surface area (Å²) in [4.78, 5) is 5.35. The number of nitrogens with zero attached hydrogens (tertiary/aromatic N) is 2. The molecule has 0 atom stereocenters. The molecule has 96 valence electrons. The number of hydrogen-bond donors (Lipinski definition) is 0. The van der Waals surface area contributed by atoms with Crippen LogP contribution in [0, 0.1) is 0 Å². The number of aryl methyl sites for hydroxylation is 1. The van der Waals surface area contributed by atoms with Crippen molar-refractivity contribution in [1.29, 1.82) is 0 Å². The molecule has 0 radical (unpaired) electrons. The molecule has 2 aromatic heterocycles. The van der Waals surface area contributed by atoms with Gasteiger partial charge < -0.3 is 4.57 Å². The van der Waals surface area contributed by atoms with Crippen LogP contribution in [-0.4, -0.2) is 11.7 Å². The first-order valence-electron chi connectivity index (χ1n) is 6.01. The van der Waals surface area contributed by atoms with E-state index in [1.54, 1.807) is 11.8 Å². The molecule has 3 rings (SSSR count). The lowest BCUT2D eigenvalue weighted by molar-refractivity contribution is -0.877. The highest BCUT2D eigenvalue weighted by Crippen LogP contribution is 2.27. The fraction of sp³-hybridized carbons (Fsp3) is 0.133. The van der Waals surface area contributed by atoms with Gasteiger partial charge in [0, 0.05) is 39.8 Å². The fourth-order valence-corrected chi connectivity index (χ4v) is 2.53. The van der Waals surface area contributed by atoms with Crippen molar-refractivity contribution in [3.05, 3.63) is 53.7 Å². The average molecular weight is 274 g/mol. The van der Waals surface area contributed by atoms with Crippen molar-refractivity contribution < 1.29 is 9.57 Å². The number of pyridine rings is 1. The summed E-state index contributed by atoms with van der Waals surface area (Å²) in [5.41, 5.74) is 3.23. The van der Waals surface area contributed by atoms with Crippen LogP contribution in [0.5, 0.6) is 0 Å². The second kappa shape index (κ2) is 4.59. The van der Waals surface area contributed by atoms with Crippen LogP contribution in [0.2, 0.25) is 5.02 Å². The van der Waals surface area contributed by atoms with Crippen molar-refractivity contribution in [3.8, 4) is 11.4 Å². The molecule has 2 heterocycles. The summed E-state index contributed by atoms with van der Waals surface area (Å²) in [6, 6.07) is 14.0. The Balaban J connectivity index is 2.28. The quantitative estimate of drug-likeness (QED) is 0.657. The zero-order chi connectivity index (χ0) is 13.4. The Bertz CT molecular complexity index is 749. The van der Waals surface area contributed by atoms with Crippen LogP contribution in [0.1, 0.15) is 0 Å². The Morgan fingerprint density at radius 3 is 2.79 bits per heavy atom. The largest absolute Gasteiger partial charge is 0.339 e. The van der Waals surface area contributed by atoms with Crippen LogP contribution in [-0.2, 0) is 7.05 Å². The van der Waals surface area contributed by atoms with Crippen LogP contribution in [0.25, 0.3) is 22.3 Å². The maximum absolute atomic E-state index is 6.05. The zero-order valence-electron chi connectivity index (χ0n) is 10.8. The van der Waals surface area contributed by atoms with Crippen molar-refractivity contribution in [2.45, 2.75) is 0 Å². The summed E-state index contributed by atoms with van der Waals surface area (Å²) < 4.78 is 3.88. The second-order valence-corrected chi connectivity index (χ2v) is 4.82. The summed E-state index contributed by atoms with van der Waals surface area (Å²) in [6.45, 7) is 0. The van der Waals surface area contributed by atoms with Crippen molar-refractivity contribution in [3.63, 3.8) is 0 Å². The lowest BCUT2D eigenvalue weighted by Crippen LogP contribution is -2.42. The van der Waals surface area contributed by atoms with Crippen LogP contribution in [0.4, 0.5) is 0 Å². The lowest BCUT2D eigenvalue weighted by atomic mass is 10.2. The van der Waals surface area contributed by atoms with Gasteiger partial charge in [-0.3, -0.25) is 4.84 Å². The second-order valence-electron chi connectivity index (χ2n) is 4.39. The normalized spacial score (nSPS) is 10.9. The van der Waals surface area contributed by atoms with Gasteiger partial charge in [0.05, 0.1) is 0 Å². The number of aromatic nitrogens is 2. The van der Waals surface area contributed by atoms with E-state index in [1.807, 2.05) is 49.6 Å². The molecule has 0 N–H and O–H groups in total. The zero-order valence-corrected chi connectivity index (χ0v) is 11.6. The highest BCUT2D eigenvalue weighted by molar-refractivity contribution is 6.31. The van der Waals surface area contributed by atoms with Gasteiger partial charge in [-0.05, 0) is 30.3 Å². The van der Waals surface area contributed by atoms with Gasteiger partial charge in [-0.2, -0.15) is 0 Å². The molecular weight excluding hydrogens is 260 g/mol. The van der Waals surface area contributed by atoms with E-state index in [1.165, 1.54) is 0 Å². The van der Waals surface area contributed by atoms with E-state index in [0.29, 0.717) is 0 Å². The summed E-state index contributed by atoms with van der Waals surface area (Å²) in [6.07, 6.45) is 1.89. The summed E-state index contributed by atoms with van der Waals surface area (Å²) in [7, 11) is 3.70. The van der Waals surface area contributed by atoms with Gasteiger partial charge in [-0.25, -0.2) is 0 Å². The first-order valence-corrected chi connectivity index (χ1v) is 6.39. The molecule has 0 spiro atoms. The Labute approximate surface area is 116 Å². The van der Waals surface area contributed by atoms with Gasteiger partial charge >= 0.3 is 0 Å². The van der Waals surface area contributed by atoms with E-state index in [4.69, 9.17) is 16.4 Å². The molecular formula is C15H14ClN2O+. The van der Waals surface area contributed by atoms with Crippen molar-refractivity contribution in [2.75, 3.05) is 7.11 Å². The number of fused-ring (bicyclic) bond motifs is 1. The third-order valence-corrected chi connectivity index (χ3v) is 3.52. The monoisotopic (exact) mass is 273 g/mol. The van der Waals surface area contributed by atoms with E-state index < -0.39 is 0 Å². The molecule has 0 amide bonds. The fourth-order valence-electron chi connectivity index (χ4n) is 2.35. The molecule has 0 bridgehead atoms. The molecule has 0 saturated carbocycles. The maximum Gasteiger partial charge on any atom is 0.280 e. The number of benzene rings is 1. The Hall–Kier alpha value is -2.00. The van der Waals surface area contributed by atoms with E-state index in [-0.39, 0.29) is 0 Å². The molecule has 0 saturated heterocycles. The molecule has 0 unspecified atom stereocenters. The van der Waals surface area contributed by atoms with Gasteiger partial charge in [-0.1, -0.05) is 11.6 Å². The minimum absolute atomic E-state index is 0.748. The molecule has 4 heteroatoms. The van der Waals surface area contributed by atoms with Crippen LogP contribution >= 0.6 is 11.6 Å². The lowest BCUT2D eigenvalue weighted by Gasteiger charge is -2.02. The Kier molecular flexibility index (Phi) is 2.91. The third kappa shape index (κ3) is 1.96. The molecule has 3 nitrogen and oxygen atoms in total. The number of halogens is 1. The van der Waals surface area contributed by atoms with E-state index >= 15 is 0 Å². The van der Waals surface area contributed by atoms with Crippen LogP contribution in [0.15, 0.2) is 48.7 Å². The van der Waals surface area contributed by atoms with Crippen LogP contribution < -0.4 is 9.57 Å². The first kappa shape index (κ1) is 12.1. The SMILES string of the molecule is CO[n+]1ccccc1-c1cc2cc(Cl)ccc2n1C. The number of hydrogen-bond acceptors (Lipinski definition) is 1. The molecule has 0 aliphatic carbocycles. The summed E-state index contributed by atoms with van der Waals surface area (Å²) in [5, 5.41) is 1.87. The average Bonchev–Trinajstić information content (AvgIpc) is 2.75. The van der Waals surface area contributed by atoms with Crippen molar-refractivity contribution in [1.82, 2.24) is 4.57 Å². The van der Waals surface area contributed by atoms with Gasteiger partial charge in [0.1, 0.15) is 12.8 Å². The maximum atomic E-state index is 6.05. The minimum atomic E-state index is 0.748. The molecule has 0 fully saturated rings. The van der Waals surface area contributed by atoms with Crippen molar-refractivity contribution >= 4 is 22.5 Å². The van der Waals surface area contributed by atoms with E-state index in [9.17, 15) is 0 Å². The van der Waals surface area contributed by atoms with Crippen molar-refractivity contribution in [2.24, 2.45) is 7.05 Å². The molecule has 0 aliphatic heterocycles. The molecule has 0 aliphatic rings. The first-order chi connectivity index (χ1) is 9.20.